The summed E-state index contributed by atoms with van der Waals surface area (Å²) < 4.78 is 6.82. The molecule has 0 fully saturated rings. The normalized spacial score (nSPS) is 15.9. The van der Waals surface area contributed by atoms with Crippen molar-refractivity contribution < 1.29 is 4.74 Å². The molecule has 0 amide bonds. The van der Waals surface area contributed by atoms with Gasteiger partial charge in [-0.05, 0) is 57.4 Å². The molecule has 1 aliphatic heterocycles. The molecular formula is C14H12Br2OS. The van der Waals surface area contributed by atoms with E-state index in [-0.39, 0.29) is 4.83 Å². The van der Waals surface area contributed by atoms with E-state index in [0.717, 1.165) is 25.2 Å². The molecule has 1 aromatic heterocycles. The molecule has 1 aliphatic rings. The van der Waals surface area contributed by atoms with Crippen molar-refractivity contribution in [2.24, 2.45) is 0 Å². The average Bonchev–Trinajstić information content (AvgIpc) is 2.83. The molecule has 3 rings (SSSR count). The summed E-state index contributed by atoms with van der Waals surface area (Å²) in [4.78, 5) is 1.56. The van der Waals surface area contributed by atoms with Gasteiger partial charge in [-0.3, -0.25) is 0 Å². The number of fused-ring (bicyclic) bond motifs is 1. The molecule has 0 radical (unpaired) electrons. The number of hydrogen-bond acceptors (Lipinski definition) is 2. The second kappa shape index (κ2) is 5.35. The standard InChI is InChI=1S/C14H12Br2OS/c15-11-5-7-18-14(11)13(16)10-3-4-12-9(8-10)2-1-6-17-12/h3-5,7-8,13H,1-2,6H2. The third-order valence-corrected chi connectivity index (χ3v) is 6.33. The van der Waals surface area contributed by atoms with E-state index in [1.54, 1.807) is 11.3 Å². The monoisotopic (exact) mass is 386 g/mol. The Balaban J connectivity index is 1.95. The Hall–Kier alpha value is -0.320. The highest BCUT2D eigenvalue weighted by Crippen LogP contribution is 2.40. The maximum Gasteiger partial charge on any atom is 0.122 e. The Labute approximate surface area is 127 Å². The number of thiophene rings is 1. The van der Waals surface area contributed by atoms with Gasteiger partial charge < -0.3 is 4.74 Å². The zero-order valence-electron chi connectivity index (χ0n) is 9.66. The largest absolute Gasteiger partial charge is 0.493 e. The van der Waals surface area contributed by atoms with Crippen LogP contribution in [0.4, 0.5) is 0 Å². The quantitative estimate of drug-likeness (QED) is 0.633. The van der Waals surface area contributed by atoms with Crippen LogP contribution in [-0.2, 0) is 6.42 Å². The molecule has 1 unspecified atom stereocenters. The minimum Gasteiger partial charge on any atom is -0.493 e. The van der Waals surface area contributed by atoms with Gasteiger partial charge in [0, 0.05) is 9.35 Å². The molecule has 0 saturated carbocycles. The molecule has 1 nitrogen and oxygen atoms in total. The lowest BCUT2D eigenvalue weighted by molar-refractivity contribution is 0.288. The second-order valence-electron chi connectivity index (χ2n) is 4.31. The Morgan fingerprint density at radius 2 is 2.17 bits per heavy atom. The van der Waals surface area contributed by atoms with Crippen molar-refractivity contribution in [1.29, 1.82) is 0 Å². The number of hydrogen-bond donors (Lipinski definition) is 0. The summed E-state index contributed by atoms with van der Waals surface area (Å²) in [5.74, 6) is 1.05. The predicted molar refractivity (Wildman–Crippen MR) is 83.0 cm³/mol. The topological polar surface area (TPSA) is 9.23 Å². The van der Waals surface area contributed by atoms with Crippen molar-refractivity contribution in [3.8, 4) is 5.75 Å². The van der Waals surface area contributed by atoms with Gasteiger partial charge in [0.25, 0.3) is 0 Å². The van der Waals surface area contributed by atoms with Gasteiger partial charge in [-0.1, -0.05) is 28.1 Å². The Morgan fingerprint density at radius 1 is 1.28 bits per heavy atom. The van der Waals surface area contributed by atoms with Gasteiger partial charge in [0.05, 0.1) is 11.4 Å². The minimum atomic E-state index is 0.249. The van der Waals surface area contributed by atoms with Gasteiger partial charge in [-0.2, -0.15) is 0 Å². The fourth-order valence-corrected chi connectivity index (χ4v) is 4.94. The zero-order chi connectivity index (χ0) is 12.5. The first kappa shape index (κ1) is 12.7. The Bertz CT molecular complexity index is 565. The summed E-state index contributed by atoms with van der Waals surface area (Å²) in [6.07, 6.45) is 2.24. The fourth-order valence-electron chi connectivity index (χ4n) is 2.18. The predicted octanol–water partition coefficient (Wildman–Crippen LogP) is 5.32. The lowest BCUT2D eigenvalue weighted by Gasteiger charge is -2.19. The molecule has 94 valence electrons. The Kier molecular flexibility index (Phi) is 3.78. The van der Waals surface area contributed by atoms with Crippen molar-refractivity contribution in [2.45, 2.75) is 17.7 Å². The van der Waals surface area contributed by atoms with Gasteiger partial charge in [0.1, 0.15) is 5.75 Å². The highest BCUT2D eigenvalue weighted by atomic mass is 79.9. The molecule has 0 spiro atoms. The maximum absolute atomic E-state index is 5.65. The number of ether oxygens (including phenoxy) is 1. The molecular weight excluding hydrogens is 376 g/mol. The first-order chi connectivity index (χ1) is 8.75. The van der Waals surface area contributed by atoms with E-state index in [4.69, 9.17) is 4.74 Å². The molecule has 2 heterocycles. The molecule has 2 aromatic rings. The third kappa shape index (κ3) is 2.38. The SMILES string of the molecule is Brc1ccsc1C(Br)c1ccc2c(c1)CCCO2. The van der Waals surface area contributed by atoms with Gasteiger partial charge in [0.15, 0.2) is 0 Å². The van der Waals surface area contributed by atoms with Gasteiger partial charge >= 0.3 is 0 Å². The molecule has 0 saturated heterocycles. The van der Waals surface area contributed by atoms with Crippen molar-refractivity contribution in [3.63, 3.8) is 0 Å². The van der Waals surface area contributed by atoms with Crippen LogP contribution in [0.2, 0.25) is 0 Å². The second-order valence-corrected chi connectivity index (χ2v) is 7.03. The summed E-state index contributed by atoms with van der Waals surface area (Å²) in [5, 5.41) is 2.11. The lowest BCUT2D eigenvalue weighted by atomic mass is 10.0. The van der Waals surface area contributed by atoms with Crippen molar-refractivity contribution in [1.82, 2.24) is 0 Å². The van der Waals surface area contributed by atoms with Gasteiger partial charge in [0.2, 0.25) is 0 Å². The van der Waals surface area contributed by atoms with Gasteiger partial charge in [-0.25, -0.2) is 0 Å². The molecule has 0 N–H and O–H groups in total. The maximum atomic E-state index is 5.65. The number of aryl methyl sites for hydroxylation is 1. The highest BCUT2D eigenvalue weighted by Gasteiger charge is 2.18. The van der Waals surface area contributed by atoms with Crippen LogP contribution in [0.25, 0.3) is 0 Å². The van der Waals surface area contributed by atoms with E-state index in [1.165, 1.54) is 20.5 Å². The van der Waals surface area contributed by atoms with E-state index in [0.29, 0.717) is 0 Å². The highest BCUT2D eigenvalue weighted by molar-refractivity contribution is 9.11. The molecule has 1 aromatic carbocycles. The first-order valence-corrected chi connectivity index (χ1v) is 8.47. The van der Waals surface area contributed by atoms with Crippen LogP contribution in [0.5, 0.6) is 5.75 Å². The smallest absolute Gasteiger partial charge is 0.122 e. The van der Waals surface area contributed by atoms with Crippen molar-refractivity contribution >= 4 is 43.2 Å². The number of benzene rings is 1. The summed E-state index contributed by atoms with van der Waals surface area (Å²) in [7, 11) is 0. The number of alkyl halides is 1. The molecule has 0 aliphatic carbocycles. The third-order valence-electron chi connectivity index (χ3n) is 3.10. The van der Waals surface area contributed by atoms with E-state index in [1.807, 2.05) is 0 Å². The van der Waals surface area contributed by atoms with E-state index >= 15 is 0 Å². The van der Waals surface area contributed by atoms with Crippen molar-refractivity contribution in [2.75, 3.05) is 6.61 Å². The molecule has 1 atom stereocenters. The summed E-state index contributed by atoms with van der Waals surface area (Å²) in [6.45, 7) is 0.848. The van der Waals surface area contributed by atoms with Gasteiger partial charge in [-0.15, -0.1) is 11.3 Å². The zero-order valence-corrected chi connectivity index (χ0v) is 13.6. The average molecular weight is 388 g/mol. The van der Waals surface area contributed by atoms with Crippen LogP contribution >= 0.6 is 43.2 Å². The molecule has 4 heteroatoms. The van der Waals surface area contributed by atoms with Crippen LogP contribution in [0.1, 0.15) is 27.3 Å². The van der Waals surface area contributed by atoms with Crippen LogP contribution in [0, 0.1) is 0 Å². The van der Waals surface area contributed by atoms with Crippen molar-refractivity contribution in [3.05, 3.63) is 50.1 Å². The molecule has 0 bridgehead atoms. The van der Waals surface area contributed by atoms with E-state index < -0.39 is 0 Å². The lowest BCUT2D eigenvalue weighted by Crippen LogP contribution is -2.08. The van der Waals surface area contributed by atoms with E-state index in [2.05, 4.69) is 61.5 Å². The van der Waals surface area contributed by atoms with Crippen LogP contribution in [-0.4, -0.2) is 6.61 Å². The minimum absolute atomic E-state index is 0.249. The summed E-state index contributed by atoms with van der Waals surface area (Å²) in [6, 6.07) is 8.60. The van der Waals surface area contributed by atoms with Crippen LogP contribution < -0.4 is 4.74 Å². The summed E-state index contributed by atoms with van der Waals surface area (Å²) in [5.41, 5.74) is 2.62. The number of rotatable bonds is 2. The number of halogens is 2. The Morgan fingerprint density at radius 3 is 2.94 bits per heavy atom. The van der Waals surface area contributed by atoms with Crippen LogP contribution in [0.3, 0.4) is 0 Å². The van der Waals surface area contributed by atoms with Crippen LogP contribution in [0.15, 0.2) is 34.1 Å². The fraction of sp³-hybridized carbons (Fsp3) is 0.286. The summed E-state index contributed by atoms with van der Waals surface area (Å²) >= 11 is 9.15. The molecule has 18 heavy (non-hydrogen) atoms. The first-order valence-electron chi connectivity index (χ1n) is 5.88. The van der Waals surface area contributed by atoms with E-state index in [9.17, 15) is 0 Å².